The predicted octanol–water partition coefficient (Wildman–Crippen LogP) is -0.680. The molecule has 0 amide bonds. The minimum absolute atomic E-state index is 0.478. The van der Waals surface area contributed by atoms with E-state index in [0.29, 0.717) is 4.93 Å². The Morgan fingerprint density at radius 1 is 1.14 bits per heavy atom. The Balaban J connectivity index is 5.46. The molecule has 0 aromatic heterocycles. The Labute approximate surface area is 43.6 Å². The molecule has 0 unspecified atom stereocenters. The average molecular weight is 281 g/mol. The first-order chi connectivity index (χ1) is 2.81. The summed E-state index contributed by atoms with van der Waals surface area (Å²) >= 11 is -2.82. The van der Waals surface area contributed by atoms with E-state index in [9.17, 15) is 0 Å². The molecule has 0 aromatic carbocycles. The van der Waals surface area contributed by atoms with Crippen LogP contribution in [-0.4, -0.2) is 24.5 Å². The van der Waals surface area contributed by atoms with Crippen LogP contribution in [0.2, 0.25) is 0 Å². The molecule has 47 valence electrons. The Morgan fingerprint density at radius 3 is 1.29 bits per heavy atom. The summed E-state index contributed by atoms with van der Waals surface area (Å²) in [5, 5.41) is 0. The van der Waals surface area contributed by atoms with Crippen LogP contribution < -0.4 is 5.73 Å². The summed E-state index contributed by atoms with van der Waals surface area (Å²) in [5.41, 5.74) is 5.27. The molecule has 0 aliphatic heterocycles. The van der Waals surface area contributed by atoms with Crippen LogP contribution in [0.3, 0.4) is 0 Å². The molecule has 2 N–H and O–H groups in total. The topological polar surface area (TPSA) is 26.0 Å². The van der Waals surface area contributed by atoms with Crippen molar-refractivity contribution in [2.45, 2.75) is 0 Å². The van der Waals surface area contributed by atoms with E-state index < -0.39 is 13.0 Å². The van der Waals surface area contributed by atoms with Gasteiger partial charge in [-0.3, -0.25) is 0 Å². The Kier molecular flexibility index (Phi) is 1.33. The third-order valence-corrected chi connectivity index (χ3v) is 2.99. The Bertz CT molecular complexity index is 252. The van der Waals surface area contributed by atoms with E-state index in [4.69, 9.17) is 5.73 Å². The molecular formula is C5H12NPt. The summed E-state index contributed by atoms with van der Waals surface area (Å²) in [5.74, 6) is 0. The molecule has 0 heterocycles. The van der Waals surface area contributed by atoms with E-state index in [-0.39, 0.29) is 0 Å². The third kappa shape index (κ3) is 6.13. The second kappa shape index (κ2) is 1.30. The normalized spacial score (nSPS) is 17.6. The van der Waals surface area contributed by atoms with Gasteiger partial charge in [0.05, 0.1) is 0 Å². The van der Waals surface area contributed by atoms with Crippen LogP contribution in [-0.2, 0) is 13.0 Å². The first kappa shape index (κ1) is 7.13. The maximum absolute atomic E-state index is 5.27. The third-order valence-electron chi connectivity index (χ3n) is 0.365. The number of hydrogen-bond donors (Lipinski definition) is 1. The fourth-order valence-electron chi connectivity index (χ4n) is 0. The molecule has 2 heteroatoms. The van der Waals surface area contributed by atoms with Gasteiger partial charge in [0.2, 0.25) is 0 Å². The predicted molar refractivity (Wildman–Crippen MR) is 37.5 cm³/mol. The summed E-state index contributed by atoms with van der Waals surface area (Å²) in [6, 6.07) is 0. The van der Waals surface area contributed by atoms with Gasteiger partial charge in [-0.2, -0.15) is 0 Å². The molecule has 7 heavy (non-hydrogen) atoms. The van der Waals surface area contributed by atoms with Crippen LogP contribution in [0.1, 0.15) is 0 Å². The molecule has 0 aliphatic rings. The van der Waals surface area contributed by atoms with Gasteiger partial charge in [0, 0.05) is 0 Å². The van der Waals surface area contributed by atoms with Crippen molar-refractivity contribution < 1.29 is 13.0 Å². The van der Waals surface area contributed by atoms with E-state index in [2.05, 4.69) is 19.6 Å². The fraction of sp³-hybridized carbons (Fsp3) is 0.200. The fourth-order valence-corrected chi connectivity index (χ4v) is 0. The van der Waals surface area contributed by atoms with Gasteiger partial charge in [-0.25, -0.2) is 0 Å². The summed E-state index contributed by atoms with van der Waals surface area (Å²) in [4.78, 5) is 15.5. The minimum atomic E-state index is -2.82. The Morgan fingerprint density at radius 2 is 1.29 bits per heavy atom. The van der Waals surface area contributed by atoms with Gasteiger partial charge in [-0.05, 0) is 0 Å². The van der Waals surface area contributed by atoms with Gasteiger partial charge < -0.3 is 0 Å². The Hall–Kier alpha value is 0.128. The molecule has 0 saturated heterocycles. The summed E-state index contributed by atoms with van der Waals surface area (Å²) in [7, 11) is 0. The summed E-state index contributed by atoms with van der Waals surface area (Å²) in [6.45, 7) is 0. The quantitative estimate of drug-likeness (QED) is 0.677. The number of nitrogens with two attached hydrogens (primary N) is 1. The molecule has 0 atom stereocenters. The monoisotopic (exact) mass is 281 g/mol. The van der Waals surface area contributed by atoms with Crippen molar-refractivity contribution in [2.24, 2.45) is 5.73 Å². The first-order valence-corrected chi connectivity index (χ1v) is 9.56. The van der Waals surface area contributed by atoms with E-state index in [0.717, 1.165) is 0 Å². The standard InChI is InChI=1S/CH4N.4CH2.Pt/c1-2;;;;;/h1-2H2;4*1H2;. The van der Waals surface area contributed by atoms with Crippen molar-refractivity contribution in [3.8, 4) is 0 Å². The van der Waals surface area contributed by atoms with Crippen molar-refractivity contribution in [2.75, 3.05) is 4.93 Å². The van der Waals surface area contributed by atoms with Gasteiger partial charge in [0.1, 0.15) is 0 Å². The molecule has 0 radical (unpaired) electrons. The summed E-state index contributed by atoms with van der Waals surface area (Å²) < 4.78 is 0. The van der Waals surface area contributed by atoms with Gasteiger partial charge in [0.25, 0.3) is 0 Å². The maximum atomic E-state index is 5.27. The average Bonchev–Trinajstić information content (AvgIpc) is 1.32. The van der Waals surface area contributed by atoms with Crippen molar-refractivity contribution in [3.05, 3.63) is 0 Å². The van der Waals surface area contributed by atoms with E-state index in [1.807, 2.05) is 0 Å². The second-order valence-electron chi connectivity index (χ2n) is 1.71. The molecule has 0 spiro atoms. The van der Waals surface area contributed by atoms with Gasteiger partial charge >= 0.3 is 43.2 Å². The first-order valence-electron chi connectivity index (χ1n) is 1.53. The van der Waals surface area contributed by atoms with Crippen LogP contribution in [0.25, 0.3) is 0 Å². The molecule has 1 nitrogen and oxygen atoms in total. The number of rotatable bonds is 1. The molecule has 0 bridgehead atoms. The number of hydrogen-bond acceptors (Lipinski definition) is 1. The van der Waals surface area contributed by atoms with E-state index in [1.54, 1.807) is 0 Å². The molecular weight excluding hydrogens is 269 g/mol. The molecule has 0 saturated carbocycles. The SMILES string of the molecule is [CH2]=[Pt](=[CH2])(=[CH2])(=[CH2])[CH2]N. The molecule has 0 aromatic rings. The zero-order chi connectivity index (χ0) is 6.15. The zero-order valence-corrected chi connectivity index (χ0v) is 6.70. The van der Waals surface area contributed by atoms with Crippen molar-refractivity contribution >= 4 is 19.6 Å². The zero-order valence-electron chi connectivity index (χ0n) is 4.43. The van der Waals surface area contributed by atoms with Crippen LogP contribution in [0, 0.1) is 0 Å². The molecule has 0 rings (SSSR count). The van der Waals surface area contributed by atoms with Crippen molar-refractivity contribution in [1.29, 1.82) is 0 Å². The van der Waals surface area contributed by atoms with Crippen LogP contribution >= 0.6 is 0 Å². The molecule has 0 fully saturated rings. The van der Waals surface area contributed by atoms with Crippen LogP contribution in [0.15, 0.2) is 0 Å². The van der Waals surface area contributed by atoms with E-state index in [1.165, 1.54) is 0 Å². The van der Waals surface area contributed by atoms with Crippen molar-refractivity contribution in [3.63, 3.8) is 0 Å². The van der Waals surface area contributed by atoms with Crippen LogP contribution in [0.4, 0.5) is 0 Å². The van der Waals surface area contributed by atoms with E-state index >= 15 is 0 Å². The summed E-state index contributed by atoms with van der Waals surface area (Å²) in [6.07, 6.45) is 0. The molecule has 0 aliphatic carbocycles. The van der Waals surface area contributed by atoms with Crippen LogP contribution in [0.5, 0.6) is 0 Å². The second-order valence-corrected chi connectivity index (χ2v) is 14.0. The van der Waals surface area contributed by atoms with Gasteiger partial charge in [-0.1, -0.05) is 0 Å². The van der Waals surface area contributed by atoms with Gasteiger partial charge in [-0.15, -0.1) is 0 Å². The van der Waals surface area contributed by atoms with Crippen molar-refractivity contribution in [1.82, 2.24) is 0 Å². The van der Waals surface area contributed by atoms with Gasteiger partial charge in [0.15, 0.2) is 0 Å².